The van der Waals surface area contributed by atoms with Gasteiger partial charge in [-0.3, -0.25) is 4.79 Å². The van der Waals surface area contributed by atoms with E-state index in [0.717, 1.165) is 25.7 Å². The van der Waals surface area contributed by atoms with Gasteiger partial charge in [-0.15, -0.1) is 0 Å². The zero-order valence-electron chi connectivity index (χ0n) is 15.1. The number of esters is 1. The van der Waals surface area contributed by atoms with Crippen LogP contribution in [0.1, 0.15) is 42.5 Å². The second-order valence-electron chi connectivity index (χ2n) is 6.83. The third kappa shape index (κ3) is 4.04. The van der Waals surface area contributed by atoms with Crippen LogP contribution in [0, 0.1) is 0 Å². The van der Waals surface area contributed by atoms with E-state index in [0.29, 0.717) is 17.2 Å². The first-order chi connectivity index (χ1) is 13.5. The van der Waals surface area contributed by atoms with Crippen LogP contribution in [-0.4, -0.2) is 29.3 Å². The van der Waals surface area contributed by atoms with Crippen molar-refractivity contribution in [3.05, 3.63) is 47.2 Å². The normalized spacial score (nSPS) is 16.6. The minimum Gasteiger partial charge on any atom is -0.452 e. The van der Waals surface area contributed by atoms with Crippen molar-refractivity contribution in [2.24, 2.45) is 0 Å². The molecule has 1 aromatic carbocycles. The predicted molar refractivity (Wildman–Crippen MR) is 102 cm³/mol. The van der Waals surface area contributed by atoms with Gasteiger partial charge in [-0.05, 0) is 37.1 Å². The Morgan fingerprint density at radius 2 is 1.89 bits per heavy atom. The second kappa shape index (κ2) is 7.67. The lowest BCUT2D eigenvalue weighted by molar-refractivity contribution is -0.119. The van der Waals surface area contributed by atoms with Crippen LogP contribution in [0.2, 0.25) is 5.15 Å². The topological polar surface area (TPSA) is 86.8 Å². The SMILES string of the molecule is O=C(COC(=O)c1ccc(Cl)nc1)Nc1ccc2c(c1)OC1(CCCCC1)O2. The van der Waals surface area contributed by atoms with Crippen molar-refractivity contribution >= 4 is 29.2 Å². The Labute approximate surface area is 166 Å². The monoisotopic (exact) mass is 402 g/mol. The van der Waals surface area contributed by atoms with Crippen LogP contribution >= 0.6 is 11.6 Å². The van der Waals surface area contributed by atoms with Crippen molar-refractivity contribution in [1.82, 2.24) is 4.98 Å². The lowest BCUT2D eigenvalue weighted by Crippen LogP contribution is -2.40. The molecule has 0 unspecified atom stereocenters. The van der Waals surface area contributed by atoms with Gasteiger partial charge in [0.1, 0.15) is 5.15 Å². The third-order valence-corrected chi connectivity index (χ3v) is 4.96. The van der Waals surface area contributed by atoms with Gasteiger partial charge in [0.05, 0.1) is 5.56 Å². The summed E-state index contributed by atoms with van der Waals surface area (Å²) in [5.74, 6) is -0.373. The fraction of sp³-hybridized carbons (Fsp3) is 0.350. The molecule has 8 heteroatoms. The molecular weight excluding hydrogens is 384 g/mol. The van der Waals surface area contributed by atoms with E-state index in [9.17, 15) is 9.59 Å². The Morgan fingerprint density at radius 3 is 2.64 bits per heavy atom. The van der Waals surface area contributed by atoms with Gasteiger partial charge in [0.15, 0.2) is 18.1 Å². The predicted octanol–water partition coefficient (Wildman–Crippen LogP) is 3.96. The molecule has 1 amide bonds. The van der Waals surface area contributed by atoms with Crippen LogP contribution in [0.3, 0.4) is 0 Å². The number of nitrogens with one attached hydrogen (secondary N) is 1. The van der Waals surface area contributed by atoms with Crippen LogP contribution < -0.4 is 14.8 Å². The molecule has 7 nitrogen and oxygen atoms in total. The highest BCUT2D eigenvalue weighted by atomic mass is 35.5. The van der Waals surface area contributed by atoms with E-state index in [1.807, 2.05) is 0 Å². The van der Waals surface area contributed by atoms with Crippen molar-refractivity contribution < 1.29 is 23.8 Å². The van der Waals surface area contributed by atoms with Gasteiger partial charge < -0.3 is 19.5 Å². The fourth-order valence-electron chi connectivity index (χ4n) is 3.37. The lowest BCUT2D eigenvalue weighted by atomic mass is 9.94. The molecule has 2 heterocycles. The Kier molecular flexibility index (Phi) is 5.09. The number of ether oxygens (including phenoxy) is 3. The molecule has 146 valence electrons. The third-order valence-electron chi connectivity index (χ3n) is 4.73. The average molecular weight is 403 g/mol. The van der Waals surface area contributed by atoms with Crippen molar-refractivity contribution in [2.75, 3.05) is 11.9 Å². The molecule has 1 saturated carbocycles. The maximum Gasteiger partial charge on any atom is 0.340 e. The van der Waals surface area contributed by atoms with E-state index in [1.165, 1.54) is 24.8 Å². The number of anilines is 1. The standard InChI is InChI=1S/C20H19ClN2O5/c21-17-7-4-13(11-22-17)19(25)26-12-18(24)23-14-5-6-15-16(10-14)28-20(27-15)8-2-1-3-9-20/h4-7,10-11H,1-3,8-9,12H2,(H,23,24). The van der Waals surface area contributed by atoms with E-state index in [4.69, 9.17) is 25.8 Å². The first kappa shape index (κ1) is 18.6. The molecule has 0 saturated heterocycles. The fourth-order valence-corrected chi connectivity index (χ4v) is 3.49. The van der Waals surface area contributed by atoms with Gasteiger partial charge in [-0.1, -0.05) is 18.0 Å². The van der Waals surface area contributed by atoms with E-state index >= 15 is 0 Å². The van der Waals surface area contributed by atoms with Gasteiger partial charge in [0.25, 0.3) is 11.7 Å². The first-order valence-corrected chi connectivity index (χ1v) is 9.51. The number of carbonyl (C=O) groups excluding carboxylic acids is 2. The number of pyridine rings is 1. The summed E-state index contributed by atoms with van der Waals surface area (Å²) in [7, 11) is 0. The molecule has 1 aliphatic carbocycles. The Bertz CT molecular complexity index is 894. The van der Waals surface area contributed by atoms with E-state index in [2.05, 4.69) is 10.3 Å². The molecule has 28 heavy (non-hydrogen) atoms. The minimum absolute atomic E-state index is 0.220. The Morgan fingerprint density at radius 1 is 1.11 bits per heavy atom. The van der Waals surface area contributed by atoms with E-state index < -0.39 is 24.3 Å². The molecule has 2 aromatic rings. The van der Waals surface area contributed by atoms with Gasteiger partial charge in [-0.2, -0.15) is 0 Å². The molecule has 0 bridgehead atoms. The molecular formula is C20H19ClN2O5. The summed E-state index contributed by atoms with van der Waals surface area (Å²) in [6, 6.07) is 8.19. The molecule has 1 aromatic heterocycles. The average Bonchev–Trinajstić information content (AvgIpc) is 3.03. The smallest absolute Gasteiger partial charge is 0.340 e. The quantitative estimate of drug-likeness (QED) is 0.615. The zero-order chi connectivity index (χ0) is 19.6. The summed E-state index contributed by atoms with van der Waals surface area (Å²) >= 11 is 5.68. The maximum absolute atomic E-state index is 12.1. The number of nitrogens with zero attached hydrogens (tertiary/aromatic N) is 1. The molecule has 1 spiro atoms. The highest BCUT2D eigenvalue weighted by Crippen LogP contribution is 2.46. The number of hydrogen-bond acceptors (Lipinski definition) is 6. The summed E-state index contributed by atoms with van der Waals surface area (Å²) in [5, 5.41) is 2.96. The number of fused-ring (bicyclic) bond motifs is 1. The summed E-state index contributed by atoms with van der Waals surface area (Å²) in [6.45, 7) is -0.417. The molecule has 1 N–H and O–H groups in total. The summed E-state index contributed by atoms with van der Waals surface area (Å²) < 4.78 is 17.1. The highest BCUT2D eigenvalue weighted by Gasteiger charge is 2.42. The number of amides is 1. The number of carbonyl (C=O) groups is 2. The van der Waals surface area contributed by atoms with Gasteiger partial charge in [0.2, 0.25) is 0 Å². The Balaban J connectivity index is 1.32. The highest BCUT2D eigenvalue weighted by molar-refractivity contribution is 6.29. The van der Waals surface area contributed by atoms with E-state index in [1.54, 1.807) is 18.2 Å². The summed E-state index contributed by atoms with van der Waals surface area (Å²) in [6.07, 6.45) is 6.36. The molecule has 4 rings (SSSR count). The molecule has 1 fully saturated rings. The van der Waals surface area contributed by atoms with Crippen LogP contribution in [-0.2, 0) is 9.53 Å². The van der Waals surface area contributed by atoms with E-state index in [-0.39, 0.29) is 10.7 Å². The van der Waals surface area contributed by atoms with Gasteiger partial charge in [0, 0.05) is 30.8 Å². The van der Waals surface area contributed by atoms with Crippen molar-refractivity contribution in [3.8, 4) is 11.5 Å². The second-order valence-corrected chi connectivity index (χ2v) is 7.22. The van der Waals surface area contributed by atoms with Crippen molar-refractivity contribution in [1.29, 1.82) is 0 Å². The largest absolute Gasteiger partial charge is 0.452 e. The van der Waals surface area contributed by atoms with Crippen molar-refractivity contribution in [2.45, 2.75) is 37.9 Å². The van der Waals surface area contributed by atoms with Crippen LogP contribution in [0.15, 0.2) is 36.5 Å². The molecule has 1 aliphatic heterocycles. The number of benzene rings is 1. The summed E-state index contributed by atoms with van der Waals surface area (Å²) in [5.41, 5.74) is 0.766. The van der Waals surface area contributed by atoms with Crippen molar-refractivity contribution in [3.63, 3.8) is 0 Å². The number of halogens is 1. The lowest BCUT2D eigenvalue weighted by Gasteiger charge is -2.31. The Hall–Kier alpha value is -2.80. The van der Waals surface area contributed by atoms with Crippen LogP contribution in [0.25, 0.3) is 0 Å². The van der Waals surface area contributed by atoms with Gasteiger partial charge in [-0.25, -0.2) is 9.78 Å². The summed E-state index contributed by atoms with van der Waals surface area (Å²) in [4.78, 5) is 27.8. The molecule has 0 radical (unpaired) electrons. The van der Waals surface area contributed by atoms with Gasteiger partial charge >= 0.3 is 5.97 Å². The number of hydrogen-bond donors (Lipinski definition) is 1. The zero-order valence-corrected chi connectivity index (χ0v) is 15.8. The maximum atomic E-state index is 12.1. The van der Waals surface area contributed by atoms with Crippen LogP contribution in [0.4, 0.5) is 5.69 Å². The number of rotatable bonds is 4. The number of aromatic nitrogens is 1. The van der Waals surface area contributed by atoms with Crippen LogP contribution in [0.5, 0.6) is 11.5 Å². The molecule has 0 atom stereocenters. The molecule has 2 aliphatic rings. The first-order valence-electron chi connectivity index (χ1n) is 9.14. The minimum atomic E-state index is -0.649.